The number of carbonyl (C=O) groups excluding carboxylic acids is 1. The number of aromatic nitrogens is 5. The second kappa shape index (κ2) is 9.94. The maximum absolute atomic E-state index is 13.0. The molecule has 1 fully saturated rings. The minimum Gasteiger partial charge on any atom is -0.378 e. The van der Waals surface area contributed by atoms with Gasteiger partial charge in [-0.1, -0.05) is 42.0 Å². The standard InChI is InChI=1S/C20H25N9O2/c21-18-19(26-31-25-18)29-17(16(23-27-29)14-28-12-5-2-6-13-28)20(30)24-22-11-7-10-15-8-3-1-4-9-15/h1,3-4,8-9,11H,2,5-7,10,12-14H2,(H2,21,25)(H,24,30)/b22-11+. The van der Waals surface area contributed by atoms with Crippen LogP contribution in [-0.2, 0) is 13.0 Å². The van der Waals surface area contributed by atoms with E-state index in [1.54, 1.807) is 6.21 Å². The van der Waals surface area contributed by atoms with Crippen LogP contribution in [0.4, 0.5) is 5.82 Å². The molecule has 0 atom stereocenters. The number of hydrogen-bond donors (Lipinski definition) is 2. The van der Waals surface area contributed by atoms with Gasteiger partial charge in [0.15, 0.2) is 5.69 Å². The monoisotopic (exact) mass is 423 g/mol. The highest BCUT2D eigenvalue weighted by Gasteiger charge is 2.26. The van der Waals surface area contributed by atoms with Crippen LogP contribution < -0.4 is 11.2 Å². The van der Waals surface area contributed by atoms with E-state index in [0.29, 0.717) is 18.7 Å². The first-order valence-electron chi connectivity index (χ1n) is 10.3. The summed E-state index contributed by atoms with van der Waals surface area (Å²) >= 11 is 0. The van der Waals surface area contributed by atoms with E-state index in [2.05, 4.69) is 52.8 Å². The number of anilines is 1. The highest BCUT2D eigenvalue weighted by atomic mass is 16.6. The van der Waals surface area contributed by atoms with Crippen molar-refractivity contribution in [1.82, 2.24) is 35.6 Å². The van der Waals surface area contributed by atoms with Crippen LogP contribution in [0.25, 0.3) is 5.82 Å². The SMILES string of the molecule is Nc1nonc1-n1nnc(CN2CCCCC2)c1C(=O)N/N=C/CCc1ccccc1. The number of hydrazone groups is 1. The molecule has 1 aromatic carbocycles. The van der Waals surface area contributed by atoms with E-state index in [1.807, 2.05) is 18.2 Å². The lowest BCUT2D eigenvalue weighted by molar-refractivity contribution is 0.0944. The largest absolute Gasteiger partial charge is 0.378 e. The van der Waals surface area contributed by atoms with Gasteiger partial charge in [-0.05, 0) is 54.6 Å². The summed E-state index contributed by atoms with van der Waals surface area (Å²) in [7, 11) is 0. The van der Waals surface area contributed by atoms with Crippen LogP contribution in [0.1, 0.15) is 47.4 Å². The van der Waals surface area contributed by atoms with Crippen LogP contribution >= 0.6 is 0 Å². The Morgan fingerprint density at radius 3 is 2.74 bits per heavy atom. The molecule has 2 aromatic heterocycles. The van der Waals surface area contributed by atoms with Gasteiger partial charge in [0, 0.05) is 12.8 Å². The van der Waals surface area contributed by atoms with Crippen molar-refractivity contribution in [1.29, 1.82) is 0 Å². The number of nitrogens with two attached hydrogens (primary N) is 1. The number of benzene rings is 1. The Hall–Kier alpha value is -3.60. The molecule has 0 saturated carbocycles. The number of nitrogens with one attached hydrogen (secondary N) is 1. The van der Waals surface area contributed by atoms with Gasteiger partial charge in [-0.2, -0.15) is 9.78 Å². The molecule has 11 heteroatoms. The van der Waals surface area contributed by atoms with Crippen molar-refractivity contribution in [3.05, 3.63) is 47.3 Å². The predicted molar refractivity (Wildman–Crippen MR) is 113 cm³/mol. The molecule has 4 rings (SSSR count). The molecule has 162 valence electrons. The molecule has 0 spiro atoms. The molecule has 1 amide bonds. The number of nitrogen functional groups attached to an aromatic ring is 1. The average Bonchev–Trinajstić information content (AvgIpc) is 3.40. The van der Waals surface area contributed by atoms with Gasteiger partial charge in [-0.3, -0.25) is 9.69 Å². The van der Waals surface area contributed by atoms with Crippen LogP contribution in [0.3, 0.4) is 0 Å². The summed E-state index contributed by atoms with van der Waals surface area (Å²) < 4.78 is 5.91. The molecule has 31 heavy (non-hydrogen) atoms. The lowest BCUT2D eigenvalue weighted by Crippen LogP contribution is -2.31. The van der Waals surface area contributed by atoms with E-state index in [4.69, 9.17) is 5.73 Å². The molecule has 1 aliphatic rings. The third-order valence-corrected chi connectivity index (χ3v) is 5.14. The zero-order chi connectivity index (χ0) is 21.5. The first-order chi connectivity index (χ1) is 15.2. The summed E-state index contributed by atoms with van der Waals surface area (Å²) in [5.74, 6) is -0.305. The number of rotatable bonds is 8. The van der Waals surface area contributed by atoms with Crippen LogP contribution in [0.2, 0.25) is 0 Å². The molecule has 0 bridgehead atoms. The van der Waals surface area contributed by atoms with Gasteiger partial charge < -0.3 is 5.73 Å². The molecule has 0 aliphatic carbocycles. The highest BCUT2D eigenvalue weighted by molar-refractivity contribution is 5.94. The molecule has 3 aromatic rings. The van der Waals surface area contributed by atoms with Gasteiger partial charge in [0.2, 0.25) is 11.6 Å². The van der Waals surface area contributed by atoms with E-state index in [-0.39, 0.29) is 17.3 Å². The summed E-state index contributed by atoms with van der Waals surface area (Å²) in [6.45, 7) is 2.42. The first kappa shape index (κ1) is 20.7. The summed E-state index contributed by atoms with van der Waals surface area (Å²) in [5, 5.41) is 19.7. The third-order valence-electron chi connectivity index (χ3n) is 5.14. The minimum atomic E-state index is -0.449. The van der Waals surface area contributed by atoms with Gasteiger partial charge >= 0.3 is 0 Å². The van der Waals surface area contributed by atoms with Crippen molar-refractivity contribution < 1.29 is 9.42 Å². The van der Waals surface area contributed by atoms with Crippen molar-refractivity contribution in [2.45, 2.75) is 38.6 Å². The van der Waals surface area contributed by atoms with Crippen LogP contribution in [-0.4, -0.2) is 55.4 Å². The summed E-state index contributed by atoms with van der Waals surface area (Å²) in [5.41, 5.74) is 10.3. The number of amides is 1. The molecule has 3 N–H and O–H groups in total. The normalized spacial score (nSPS) is 14.8. The fourth-order valence-corrected chi connectivity index (χ4v) is 3.56. The van der Waals surface area contributed by atoms with Crippen molar-refractivity contribution in [3.8, 4) is 5.82 Å². The second-order valence-corrected chi connectivity index (χ2v) is 7.38. The molecular formula is C20H25N9O2. The van der Waals surface area contributed by atoms with Gasteiger partial charge in [-0.25, -0.2) is 10.1 Å². The number of hydrogen-bond acceptors (Lipinski definition) is 9. The van der Waals surface area contributed by atoms with Gasteiger partial charge in [0.1, 0.15) is 5.69 Å². The number of nitrogens with zero attached hydrogens (tertiary/aromatic N) is 7. The van der Waals surface area contributed by atoms with Crippen molar-refractivity contribution >= 4 is 17.9 Å². The van der Waals surface area contributed by atoms with E-state index < -0.39 is 5.91 Å². The van der Waals surface area contributed by atoms with Crippen LogP contribution in [0.15, 0.2) is 40.1 Å². The van der Waals surface area contributed by atoms with Crippen LogP contribution in [0, 0.1) is 0 Å². The Labute approximate surface area is 179 Å². The maximum Gasteiger partial charge on any atom is 0.292 e. The van der Waals surface area contributed by atoms with Gasteiger partial charge in [-0.15, -0.1) is 5.10 Å². The molecule has 11 nitrogen and oxygen atoms in total. The van der Waals surface area contributed by atoms with E-state index >= 15 is 0 Å². The minimum absolute atomic E-state index is 0.0230. The Kier molecular flexibility index (Phi) is 6.62. The fourth-order valence-electron chi connectivity index (χ4n) is 3.56. The quantitative estimate of drug-likeness (QED) is 0.411. The van der Waals surface area contributed by atoms with Gasteiger partial charge in [0.25, 0.3) is 5.91 Å². The molecule has 0 radical (unpaired) electrons. The van der Waals surface area contributed by atoms with E-state index in [0.717, 1.165) is 32.4 Å². The van der Waals surface area contributed by atoms with Crippen molar-refractivity contribution in [2.24, 2.45) is 5.10 Å². The Balaban J connectivity index is 1.47. The lowest BCUT2D eigenvalue weighted by Gasteiger charge is -2.25. The van der Waals surface area contributed by atoms with Gasteiger partial charge in [0.05, 0.1) is 0 Å². The van der Waals surface area contributed by atoms with Crippen molar-refractivity contribution in [3.63, 3.8) is 0 Å². The Morgan fingerprint density at radius 1 is 1.19 bits per heavy atom. The smallest absolute Gasteiger partial charge is 0.292 e. The van der Waals surface area contributed by atoms with Crippen LogP contribution in [0.5, 0.6) is 0 Å². The number of carbonyl (C=O) groups is 1. The fraction of sp³-hybridized carbons (Fsp3) is 0.400. The zero-order valence-electron chi connectivity index (χ0n) is 17.1. The summed E-state index contributed by atoms with van der Waals surface area (Å²) in [6, 6.07) is 10.1. The second-order valence-electron chi connectivity index (χ2n) is 7.38. The van der Waals surface area contributed by atoms with Crippen molar-refractivity contribution in [2.75, 3.05) is 18.8 Å². The lowest BCUT2D eigenvalue weighted by atomic mass is 10.1. The number of likely N-dealkylation sites (tertiary alicyclic amines) is 1. The highest BCUT2D eigenvalue weighted by Crippen LogP contribution is 2.19. The molecule has 1 aliphatic heterocycles. The average molecular weight is 423 g/mol. The molecule has 1 saturated heterocycles. The summed E-state index contributed by atoms with van der Waals surface area (Å²) in [6.07, 6.45) is 6.68. The molecular weight excluding hydrogens is 398 g/mol. The molecule has 3 heterocycles. The first-order valence-corrected chi connectivity index (χ1v) is 10.3. The number of aryl methyl sites for hydroxylation is 1. The third kappa shape index (κ3) is 5.12. The Morgan fingerprint density at radius 2 is 2.00 bits per heavy atom. The molecule has 0 unspecified atom stereocenters. The van der Waals surface area contributed by atoms with E-state index in [9.17, 15) is 4.79 Å². The topological polar surface area (TPSA) is 140 Å². The Bertz CT molecular complexity index is 1020. The maximum atomic E-state index is 13.0. The zero-order valence-corrected chi connectivity index (χ0v) is 17.1. The van der Waals surface area contributed by atoms with E-state index in [1.165, 1.54) is 16.7 Å². The summed E-state index contributed by atoms with van der Waals surface area (Å²) in [4.78, 5) is 15.2. The number of piperidine rings is 1. The predicted octanol–water partition coefficient (Wildman–Crippen LogP) is 1.57.